The standard InChI is InChI=1S/C17H11NS/c1-2-17-18-12-16(19-17)15-10-8-14(9-11-15)13-6-4-3-5-7-13/h1,3-12H. The van der Waals surface area contributed by atoms with Crippen molar-refractivity contribution < 1.29 is 0 Å². The molecule has 90 valence electrons. The van der Waals surface area contributed by atoms with Crippen molar-refractivity contribution in [3.63, 3.8) is 0 Å². The number of hydrogen-bond acceptors (Lipinski definition) is 2. The normalized spacial score (nSPS) is 10.1. The summed E-state index contributed by atoms with van der Waals surface area (Å²) < 4.78 is 0. The molecule has 2 aromatic carbocycles. The maximum atomic E-state index is 5.34. The molecule has 0 amide bonds. The van der Waals surface area contributed by atoms with Gasteiger partial charge in [-0.1, -0.05) is 54.6 Å². The van der Waals surface area contributed by atoms with E-state index in [1.807, 2.05) is 24.4 Å². The lowest BCUT2D eigenvalue weighted by atomic mass is 10.0. The molecule has 1 heterocycles. The summed E-state index contributed by atoms with van der Waals surface area (Å²) in [7, 11) is 0. The van der Waals surface area contributed by atoms with Gasteiger partial charge < -0.3 is 0 Å². The average Bonchev–Trinajstić information content (AvgIpc) is 2.97. The highest BCUT2D eigenvalue weighted by Gasteiger charge is 2.03. The molecule has 3 rings (SSSR count). The van der Waals surface area contributed by atoms with Gasteiger partial charge in [0.25, 0.3) is 0 Å². The molecule has 0 fully saturated rings. The first-order chi connectivity index (χ1) is 9.36. The van der Waals surface area contributed by atoms with Crippen LogP contribution in [0.4, 0.5) is 0 Å². The Labute approximate surface area is 116 Å². The first kappa shape index (κ1) is 11.7. The Morgan fingerprint density at radius 2 is 1.47 bits per heavy atom. The van der Waals surface area contributed by atoms with Crippen LogP contribution >= 0.6 is 11.3 Å². The molecular formula is C17H11NS. The third-order valence-electron chi connectivity index (χ3n) is 2.91. The van der Waals surface area contributed by atoms with Gasteiger partial charge in [0.05, 0.1) is 4.88 Å². The highest BCUT2D eigenvalue weighted by Crippen LogP contribution is 2.28. The molecule has 0 aliphatic carbocycles. The number of aromatic nitrogens is 1. The van der Waals surface area contributed by atoms with Gasteiger partial charge in [-0.3, -0.25) is 0 Å². The largest absolute Gasteiger partial charge is 0.236 e. The van der Waals surface area contributed by atoms with Gasteiger partial charge in [-0.2, -0.15) is 0 Å². The number of thiazole rings is 1. The molecule has 0 saturated carbocycles. The van der Waals surface area contributed by atoms with Gasteiger partial charge in [0, 0.05) is 6.20 Å². The highest BCUT2D eigenvalue weighted by molar-refractivity contribution is 7.15. The van der Waals surface area contributed by atoms with E-state index >= 15 is 0 Å². The molecule has 3 aromatic rings. The minimum atomic E-state index is 0.724. The number of rotatable bonds is 2. The minimum absolute atomic E-state index is 0.724. The maximum absolute atomic E-state index is 5.34. The first-order valence-electron chi connectivity index (χ1n) is 5.95. The van der Waals surface area contributed by atoms with E-state index < -0.39 is 0 Å². The van der Waals surface area contributed by atoms with E-state index in [-0.39, 0.29) is 0 Å². The number of benzene rings is 2. The van der Waals surface area contributed by atoms with Crippen molar-refractivity contribution >= 4 is 11.3 Å². The zero-order valence-corrected chi connectivity index (χ0v) is 11.0. The van der Waals surface area contributed by atoms with Crippen LogP contribution in [-0.2, 0) is 0 Å². The predicted molar refractivity (Wildman–Crippen MR) is 80.9 cm³/mol. The van der Waals surface area contributed by atoms with Gasteiger partial charge in [-0.15, -0.1) is 17.8 Å². The quantitative estimate of drug-likeness (QED) is 0.621. The predicted octanol–water partition coefficient (Wildman–Crippen LogP) is 4.46. The molecule has 1 nitrogen and oxygen atoms in total. The molecule has 0 bridgehead atoms. The summed E-state index contributed by atoms with van der Waals surface area (Å²) in [5.74, 6) is 2.56. The van der Waals surface area contributed by atoms with Gasteiger partial charge in [0.2, 0.25) is 0 Å². The van der Waals surface area contributed by atoms with Gasteiger partial charge >= 0.3 is 0 Å². The number of nitrogens with zero attached hydrogens (tertiary/aromatic N) is 1. The molecule has 0 aliphatic heterocycles. The Kier molecular flexibility index (Phi) is 3.14. The van der Waals surface area contributed by atoms with Crippen LogP contribution < -0.4 is 0 Å². The van der Waals surface area contributed by atoms with Crippen molar-refractivity contribution in [2.24, 2.45) is 0 Å². The summed E-state index contributed by atoms with van der Waals surface area (Å²) in [6.07, 6.45) is 7.17. The average molecular weight is 261 g/mol. The summed E-state index contributed by atoms with van der Waals surface area (Å²) in [5.41, 5.74) is 3.59. The Balaban J connectivity index is 1.93. The second kappa shape index (κ2) is 5.09. The summed E-state index contributed by atoms with van der Waals surface area (Å²) >= 11 is 1.54. The minimum Gasteiger partial charge on any atom is -0.236 e. The molecule has 19 heavy (non-hydrogen) atoms. The third-order valence-corrected chi connectivity index (χ3v) is 3.88. The second-order valence-corrected chi connectivity index (χ2v) is 5.15. The molecule has 0 atom stereocenters. The van der Waals surface area contributed by atoms with Crippen molar-refractivity contribution in [1.82, 2.24) is 4.98 Å². The Bertz CT molecular complexity index is 718. The smallest absolute Gasteiger partial charge is 0.167 e. The van der Waals surface area contributed by atoms with E-state index in [0.29, 0.717) is 0 Å². The van der Waals surface area contributed by atoms with Crippen LogP contribution in [0.2, 0.25) is 0 Å². The van der Waals surface area contributed by atoms with Crippen LogP contribution in [0, 0.1) is 12.3 Å². The lowest BCUT2D eigenvalue weighted by Crippen LogP contribution is -1.77. The zero-order chi connectivity index (χ0) is 13.1. The van der Waals surface area contributed by atoms with Crippen molar-refractivity contribution in [3.05, 3.63) is 65.8 Å². The molecule has 0 aliphatic rings. The first-order valence-corrected chi connectivity index (χ1v) is 6.77. The van der Waals surface area contributed by atoms with E-state index in [4.69, 9.17) is 6.42 Å². The molecule has 0 spiro atoms. The van der Waals surface area contributed by atoms with E-state index in [9.17, 15) is 0 Å². The molecule has 0 radical (unpaired) electrons. The van der Waals surface area contributed by atoms with E-state index in [0.717, 1.165) is 15.4 Å². The molecule has 0 unspecified atom stereocenters. The molecule has 0 saturated heterocycles. The van der Waals surface area contributed by atoms with Crippen molar-refractivity contribution in [3.8, 4) is 33.9 Å². The molecule has 1 aromatic heterocycles. The highest BCUT2D eigenvalue weighted by atomic mass is 32.1. The van der Waals surface area contributed by atoms with Gasteiger partial charge in [0.15, 0.2) is 5.01 Å². The van der Waals surface area contributed by atoms with E-state index in [2.05, 4.69) is 47.3 Å². The van der Waals surface area contributed by atoms with Crippen molar-refractivity contribution in [2.75, 3.05) is 0 Å². The van der Waals surface area contributed by atoms with Crippen LogP contribution in [0.25, 0.3) is 21.6 Å². The van der Waals surface area contributed by atoms with Crippen molar-refractivity contribution in [1.29, 1.82) is 0 Å². The monoisotopic (exact) mass is 261 g/mol. The summed E-state index contributed by atoms with van der Waals surface area (Å²) in [4.78, 5) is 5.28. The van der Waals surface area contributed by atoms with Crippen LogP contribution in [-0.4, -0.2) is 4.98 Å². The summed E-state index contributed by atoms with van der Waals surface area (Å²) in [6.45, 7) is 0. The molecule has 2 heteroatoms. The van der Waals surface area contributed by atoms with Crippen LogP contribution in [0.5, 0.6) is 0 Å². The number of hydrogen-bond donors (Lipinski definition) is 0. The van der Waals surface area contributed by atoms with Crippen LogP contribution in [0.15, 0.2) is 60.8 Å². The molecule has 0 N–H and O–H groups in total. The lowest BCUT2D eigenvalue weighted by molar-refractivity contribution is 1.39. The third kappa shape index (κ3) is 2.42. The maximum Gasteiger partial charge on any atom is 0.167 e. The topological polar surface area (TPSA) is 12.9 Å². The summed E-state index contributed by atoms with van der Waals surface area (Å²) in [5, 5.41) is 0.724. The zero-order valence-electron chi connectivity index (χ0n) is 10.2. The lowest BCUT2D eigenvalue weighted by Gasteiger charge is -2.02. The summed E-state index contributed by atoms with van der Waals surface area (Å²) in [6, 6.07) is 18.8. The fraction of sp³-hybridized carbons (Fsp3) is 0. The fourth-order valence-electron chi connectivity index (χ4n) is 1.93. The Hall–Kier alpha value is -2.37. The number of terminal acetylenes is 1. The SMILES string of the molecule is C#Cc1ncc(-c2ccc(-c3ccccc3)cc2)s1. The van der Waals surface area contributed by atoms with E-state index in [1.165, 1.54) is 11.1 Å². The van der Waals surface area contributed by atoms with Crippen LogP contribution in [0.3, 0.4) is 0 Å². The Morgan fingerprint density at radius 3 is 2.11 bits per heavy atom. The molecular weight excluding hydrogens is 250 g/mol. The van der Waals surface area contributed by atoms with Crippen molar-refractivity contribution in [2.45, 2.75) is 0 Å². The van der Waals surface area contributed by atoms with Gasteiger partial charge in [-0.05, 0) is 22.6 Å². The van der Waals surface area contributed by atoms with Crippen LogP contribution in [0.1, 0.15) is 5.01 Å². The van der Waals surface area contributed by atoms with E-state index in [1.54, 1.807) is 11.3 Å². The fourth-order valence-corrected chi connectivity index (χ4v) is 2.66. The second-order valence-electron chi connectivity index (χ2n) is 4.12. The Morgan fingerprint density at radius 1 is 0.842 bits per heavy atom. The van der Waals surface area contributed by atoms with Gasteiger partial charge in [-0.25, -0.2) is 4.98 Å². The van der Waals surface area contributed by atoms with Gasteiger partial charge in [0.1, 0.15) is 0 Å².